The van der Waals surface area contributed by atoms with E-state index in [-0.39, 0.29) is 24.4 Å². The molecule has 0 aliphatic carbocycles. The molecule has 0 radical (unpaired) electrons. The topological polar surface area (TPSA) is 112 Å². The van der Waals surface area contributed by atoms with Crippen molar-refractivity contribution >= 4 is 35.1 Å². The standard InChI is InChI=1S/C26H30N4O5/c1-18-25(34)28-26-27-22-13-12-21(15-19(22)16-29(18)26)35-14-8-3-2-7-11-23(31)30(17-24(32)33)20-9-5-4-6-10-20/h4-6,9-10,12-13,15,18H,2-3,7-8,11,14,16-17H2,1H3,(H,32,33)(H,27,28,34). The van der Waals surface area contributed by atoms with Gasteiger partial charge in [0.1, 0.15) is 18.3 Å². The lowest BCUT2D eigenvalue weighted by Gasteiger charge is -2.26. The number of carboxylic acid groups (broad SMARTS) is 1. The highest BCUT2D eigenvalue weighted by molar-refractivity contribution is 6.07. The summed E-state index contributed by atoms with van der Waals surface area (Å²) < 4.78 is 5.91. The van der Waals surface area contributed by atoms with Crippen molar-refractivity contribution in [1.29, 1.82) is 0 Å². The van der Waals surface area contributed by atoms with E-state index in [0.29, 0.717) is 37.6 Å². The summed E-state index contributed by atoms with van der Waals surface area (Å²) in [6, 6.07) is 14.4. The number of carboxylic acids is 1. The van der Waals surface area contributed by atoms with Crippen molar-refractivity contribution in [1.82, 2.24) is 10.2 Å². The molecule has 4 rings (SSSR count). The third-order valence-corrected chi connectivity index (χ3v) is 6.19. The monoisotopic (exact) mass is 478 g/mol. The van der Waals surface area contributed by atoms with Crippen molar-refractivity contribution < 1.29 is 24.2 Å². The molecule has 2 aliphatic heterocycles. The van der Waals surface area contributed by atoms with Crippen LogP contribution in [-0.2, 0) is 20.9 Å². The molecule has 184 valence electrons. The lowest BCUT2D eigenvalue weighted by Crippen LogP contribution is -2.35. The van der Waals surface area contributed by atoms with Gasteiger partial charge in [-0.3, -0.25) is 19.7 Å². The van der Waals surface area contributed by atoms with Gasteiger partial charge in [-0.15, -0.1) is 0 Å². The molecule has 0 aromatic heterocycles. The zero-order chi connectivity index (χ0) is 24.8. The van der Waals surface area contributed by atoms with Gasteiger partial charge in [0, 0.05) is 24.2 Å². The maximum Gasteiger partial charge on any atom is 0.323 e. The van der Waals surface area contributed by atoms with Crippen LogP contribution in [0.1, 0.15) is 44.6 Å². The maximum atomic E-state index is 12.6. The average Bonchev–Trinajstić information content (AvgIpc) is 3.13. The zero-order valence-electron chi connectivity index (χ0n) is 19.8. The van der Waals surface area contributed by atoms with Crippen molar-refractivity contribution in [3.8, 4) is 5.75 Å². The number of guanidine groups is 1. The average molecular weight is 479 g/mol. The number of nitrogens with zero attached hydrogens (tertiary/aromatic N) is 3. The Bertz CT molecular complexity index is 1120. The molecule has 0 bridgehead atoms. The molecule has 0 spiro atoms. The van der Waals surface area contributed by atoms with E-state index in [4.69, 9.17) is 9.84 Å². The van der Waals surface area contributed by atoms with Gasteiger partial charge in [0.25, 0.3) is 0 Å². The first-order chi connectivity index (χ1) is 16.9. The van der Waals surface area contributed by atoms with Crippen LogP contribution in [0.25, 0.3) is 0 Å². The number of hydrogen-bond donors (Lipinski definition) is 2. The van der Waals surface area contributed by atoms with Crippen LogP contribution in [0.2, 0.25) is 0 Å². The molecule has 2 N–H and O–H groups in total. The van der Waals surface area contributed by atoms with E-state index in [9.17, 15) is 14.4 Å². The van der Waals surface area contributed by atoms with Gasteiger partial charge in [-0.05, 0) is 50.1 Å². The van der Waals surface area contributed by atoms with Gasteiger partial charge < -0.3 is 19.6 Å². The van der Waals surface area contributed by atoms with E-state index in [0.717, 1.165) is 36.3 Å². The van der Waals surface area contributed by atoms with Gasteiger partial charge in [0.2, 0.25) is 17.8 Å². The number of para-hydroxylation sites is 1. The van der Waals surface area contributed by atoms with Crippen molar-refractivity contribution in [2.75, 3.05) is 18.1 Å². The molecule has 0 saturated carbocycles. The van der Waals surface area contributed by atoms with Crippen LogP contribution in [0.4, 0.5) is 11.4 Å². The van der Waals surface area contributed by atoms with Crippen molar-refractivity contribution in [3.63, 3.8) is 0 Å². The second-order valence-corrected chi connectivity index (χ2v) is 8.74. The van der Waals surface area contributed by atoms with E-state index >= 15 is 0 Å². The Hall–Kier alpha value is -3.88. The van der Waals surface area contributed by atoms with E-state index in [1.54, 1.807) is 24.3 Å². The van der Waals surface area contributed by atoms with Crippen LogP contribution in [0.5, 0.6) is 5.75 Å². The fourth-order valence-electron chi connectivity index (χ4n) is 4.22. The first-order valence-corrected chi connectivity index (χ1v) is 11.9. The molecular weight excluding hydrogens is 448 g/mol. The number of carbonyl (C=O) groups is 3. The molecule has 1 atom stereocenters. The Morgan fingerprint density at radius 1 is 1.14 bits per heavy atom. The quantitative estimate of drug-likeness (QED) is 0.479. The smallest absolute Gasteiger partial charge is 0.323 e. The molecule has 2 aromatic carbocycles. The highest BCUT2D eigenvalue weighted by atomic mass is 16.5. The van der Waals surface area contributed by atoms with Gasteiger partial charge in [0.15, 0.2) is 0 Å². The third-order valence-electron chi connectivity index (χ3n) is 6.19. The van der Waals surface area contributed by atoms with Gasteiger partial charge in [0.05, 0.1) is 12.3 Å². The molecule has 1 fully saturated rings. The summed E-state index contributed by atoms with van der Waals surface area (Å²) >= 11 is 0. The van der Waals surface area contributed by atoms with Crippen LogP contribution in [0, 0.1) is 0 Å². The largest absolute Gasteiger partial charge is 0.494 e. The van der Waals surface area contributed by atoms with Crippen LogP contribution in [0.15, 0.2) is 53.5 Å². The Labute approximate surface area is 204 Å². The van der Waals surface area contributed by atoms with Gasteiger partial charge >= 0.3 is 5.97 Å². The number of anilines is 1. The lowest BCUT2D eigenvalue weighted by atomic mass is 10.1. The molecule has 1 unspecified atom stereocenters. The second-order valence-electron chi connectivity index (χ2n) is 8.74. The van der Waals surface area contributed by atoms with Gasteiger partial charge in [-0.25, -0.2) is 4.99 Å². The summed E-state index contributed by atoms with van der Waals surface area (Å²) in [4.78, 5) is 43.4. The number of nitrogens with one attached hydrogen (secondary N) is 1. The summed E-state index contributed by atoms with van der Waals surface area (Å²) in [5, 5.41) is 12.0. The molecular formula is C26H30N4O5. The second kappa shape index (κ2) is 11.0. The number of carbonyl (C=O) groups excluding carboxylic acids is 2. The summed E-state index contributed by atoms with van der Waals surface area (Å²) in [7, 11) is 0. The number of ether oxygens (including phenoxy) is 1. The number of unbranched alkanes of at least 4 members (excludes halogenated alkanes) is 3. The Morgan fingerprint density at radius 2 is 1.91 bits per heavy atom. The van der Waals surface area contributed by atoms with Crippen molar-refractivity contribution in [2.45, 2.75) is 51.6 Å². The maximum absolute atomic E-state index is 12.6. The summed E-state index contributed by atoms with van der Waals surface area (Å²) in [5.74, 6) is 0.130. The van der Waals surface area contributed by atoms with Gasteiger partial charge in [-0.1, -0.05) is 31.0 Å². The van der Waals surface area contributed by atoms with E-state index < -0.39 is 5.97 Å². The van der Waals surface area contributed by atoms with Crippen LogP contribution >= 0.6 is 0 Å². The third kappa shape index (κ3) is 5.98. The number of fused-ring (bicyclic) bond motifs is 2. The first-order valence-electron chi connectivity index (χ1n) is 11.9. The Morgan fingerprint density at radius 3 is 2.69 bits per heavy atom. The van der Waals surface area contributed by atoms with E-state index in [1.807, 2.05) is 36.1 Å². The van der Waals surface area contributed by atoms with E-state index in [1.165, 1.54) is 4.90 Å². The van der Waals surface area contributed by atoms with Crippen LogP contribution in [-0.4, -0.2) is 52.9 Å². The predicted octanol–water partition coefficient (Wildman–Crippen LogP) is 3.46. The van der Waals surface area contributed by atoms with Crippen LogP contribution in [0.3, 0.4) is 0 Å². The highest BCUT2D eigenvalue weighted by Gasteiger charge is 2.35. The lowest BCUT2D eigenvalue weighted by molar-refractivity contribution is -0.136. The molecule has 9 heteroatoms. The molecule has 2 aromatic rings. The molecule has 9 nitrogen and oxygen atoms in total. The summed E-state index contributed by atoms with van der Waals surface area (Å²) in [6.07, 6.45) is 3.63. The highest BCUT2D eigenvalue weighted by Crippen LogP contribution is 2.31. The molecule has 1 saturated heterocycles. The van der Waals surface area contributed by atoms with E-state index in [2.05, 4.69) is 10.3 Å². The van der Waals surface area contributed by atoms with Crippen molar-refractivity contribution in [3.05, 3.63) is 54.1 Å². The number of benzene rings is 2. The Balaban J connectivity index is 1.17. The minimum atomic E-state index is -1.03. The SMILES string of the molecule is CC1C(=O)NC2=Nc3ccc(OCCCCCCC(=O)N(CC(=O)O)c4ccccc4)cc3CN21. The fraction of sp³-hybridized carbons (Fsp3) is 0.385. The van der Waals surface area contributed by atoms with Crippen LogP contribution < -0.4 is 15.0 Å². The normalized spacial score (nSPS) is 16.1. The minimum Gasteiger partial charge on any atom is -0.494 e. The summed E-state index contributed by atoms with van der Waals surface area (Å²) in [5.41, 5.74) is 2.47. The summed E-state index contributed by atoms with van der Waals surface area (Å²) in [6.45, 7) is 2.70. The Kier molecular flexibility index (Phi) is 7.64. The predicted molar refractivity (Wildman–Crippen MR) is 132 cm³/mol. The minimum absolute atomic E-state index is 0.0376. The van der Waals surface area contributed by atoms with Gasteiger partial charge in [-0.2, -0.15) is 0 Å². The first kappa shape index (κ1) is 24.3. The number of rotatable bonds is 11. The number of hydrogen-bond acceptors (Lipinski definition) is 6. The number of amides is 2. The molecule has 2 amide bonds. The van der Waals surface area contributed by atoms with Crippen molar-refractivity contribution in [2.24, 2.45) is 4.99 Å². The molecule has 2 aliphatic rings. The fourth-order valence-corrected chi connectivity index (χ4v) is 4.22. The molecule has 2 heterocycles. The number of aliphatic imine (C=N–C) groups is 1. The number of aliphatic carboxylic acids is 1. The zero-order valence-corrected chi connectivity index (χ0v) is 19.8. The molecule has 35 heavy (non-hydrogen) atoms.